The molecule has 3 rings (SSSR count). The fraction of sp³-hybridized carbons (Fsp3) is 0.158. The van der Waals surface area contributed by atoms with E-state index in [0.29, 0.717) is 6.54 Å². The molecule has 2 aromatic carbocycles. The Bertz CT molecular complexity index is 860. The van der Waals surface area contributed by atoms with Gasteiger partial charge in [-0.1, -0.05) is 0 Å². The first kappa shape index (κ1) is 17.6. The highest BCUT2D eigenvalue weighted by Crippen LogP contribution is 2.22. The first-order valence-corrected chi connectivity index (χ1v) is 8.26. The molecular weight excluding hydrogens is 337 g/mol. The third kappa shape index (κ3) is 4.67. The molecule has 0 aliphatic rings. The molecule has 26 heavy (non-hydrogen) atoms. The maximum atomic E-state index is 13.0. The van der Waals surface area contributed by atoms with E-state index in [1.807, 2.05) is 12.1 Å². The highest BCUT2D eigenvalue weighted by molar-refractivity contribution is 5.57. The number of furan rings is 1. The van der Waals surface area contributed by atoms with E-state index in [-0.39, 0.29) is 11.5 Å². The number of quaternary nitrogens is 1. The number of non-ortho nitro benzene ring substituents is 1. The van der Waals surface area contributed by atoms with Crippen molar-refractivity contribution < 1.29 is 19.0 Å². The third-order valence-electron chi connectivity index (χ3n) is 3.89. The zero-order valence-electron chi connectivity index (χ0n) is 14.0. The highest BCUT2D eigenvalue weighted by atomic mass is 19.1. The molecule has 0 saturated heterocycles. The van der Waals surface area contributed by atoms with Crippen LogP contribution in [0, 0.1) is 15.9 Å². The van der Waals surface area contributed by atoms with Gasteiger partial charge in [0.25, 0.3) is 5.69 Å². The Hall–Kier alpha value is -3.19. The number of hydrogen-bond acceptors (Lipinski definition) is 4. The van der Waals surface area contributed by atoms with Crippen molar-refractivity contribution in [3.63, 3.8) is 0 Å². The summed E-state index contributed by atoms with van der Waals surface area (Å²) in [5, 5.41) is 15.9. The Morgan fingerprint density at radius 2 is 1.77 bits per heavy atom. The number of nitro benzene ring substituents is 1. The fourth-order valence-corrected chi connectivity index (χ4v) is 2.52. The Labute approximate surface area is 149 Å². The van der Waals surface area contributed by atoms with Crippen LogP contribution in [0.4, 0.5) is 15.8 Å². The molecule has 0 unspecified atom stereocenters. The molecule has 0 saturated carbocycles. The summed E-state index contributed by atoms with van der Waals surface area (Å²) >= 11 is 0. The molecule has 3 aromatic rings. The molecule has 0 aliphatic carbocycles. The van der Waals surface area contributed by atoms with Crippen molar-refractivity contribution in [2.45, 2.75) is 6.54 Å². The Morgan fingerprint density at radius 3 is 2.46 bits per heavy atom. The quantitative estimate of drug-likeness (QED) is 0.369. The molecule has 6 nitrogen and oxygen atoms in total. The number of rotatable bonds is 8. The van der Waals surface area contributed by atoms with Crippen LogP contribution in [0.1, 0.15) is 5.76 Å². The molecule has 0 bridgehead atoms. The van der Waals surface area contributed by atoms with Crippen LogP contribution < -0.4 is 10.6 Å². The fourth-order valence-electron chi connectivity index (χ4n) is 2.52. The lowest BCUT2D eigenvalue weighted by Gasteiger charge is -2.05. The predicted octanol–water partition coefficient (Wildman–Crippen LogP) is 3.17. The van der Waals surface area contributed by atoms with Crippen LogP contribution in [-0.2, 0) is 6.54 Å². The van der Waals surface area contributed by atoms with Crippen molar-refractivity contribution in [1.82, 2.24) is 0 Å². The Balaban J connectivity index is 1.41. The molecule has 0 amide bonds. The van der Waals surface area contributed by atoms with Crippen LogP contribution in [0.2, 0.25) is 0 Å². The number of benzene rings is 2. The zero-order chi connectivity index (χ0) is 18.4. The second kappa shape index (κ2) is 8.26. The van der Waals surface area contributed by atoms with Gasteiger partial charge in [0.1, 0.15) is 18.1 Å². The second-order valence-electron chi connectivity index (χ2n) is 5.79. The SMILES string of the molecule is O=[N+]([O-])c1ccc(NCC[NH2+]Cc2ccc(-c3ccc(F)cc3)o2)cc1. The van der Waals surface area contributed by atoms with Crippen LogP contribution >= 0.6 is 0 Å². The van der Waals surface area contributed by atoms with E-state index in [2.05, 4.69) is 10.6 Å². The molecule has 1 heterocycles. The maximum Gasteiger partial charge on any atom is 0.269 e. The van der Waals surface area contributed by atoms with Crippen LogP contribution in [0.3, 0.4) is 0 Å². The van der Waals surface area contributed by atoms with Gasteiger partial charge < -0.3 is 15.1 Å². The monoisotopic (exact) mass is 356 g/mol. The summed E-state index contributed by atoms with van der Waals surface area (Å²) in [5.74, 6) is 1.30. The minimum absolute atomic E-state index is 0.0805. The lowest BCUT2D eigenvalue weighted by molar-refractivity contribution is -0.669. The van der Waals surface area contributed by atoms with E-state index in [9.17, 15) is 14.5 Å². The first-order chi connectivity index (χ1) is 12.6. The summed E-state index contributed by atoms with van der Waals surface area (Å²) < 4.78 is 18.7. The first-order valence-electron chi connectivity index (χ1n) is 8.26. The highest BCUT2D eigenvalue weighted by Gasteiger charge is 2.07. The van der Waals surface area contributed by atoms with Gasteiger partial charge in [0, 0.05) is 23.4 Å². The van der Waals surface area contributed by atoms with E-state index < -0.39 is 4.92 Å². The van der Waals surface area contributed by atoms with Gasteiger partial charge in [-0.2, -0.15) is 0 Å². The molecule has 0 aliphatic heterocycles. The van der Waals surface area contributed by atoms with E-state index in [1.54, 1.807) is 24.3 Å². The summed E-state index contributed by atoms with van der Waals surface area (Å²) in [7, 11) is 0. The minimum atomic E-state index is -0.416. The summed E-state index contributed by atoms with van der Waals surface area (Å²) in [6.45, 7) is 2.25. The average Bonchev–Trinajstić information content (AvgIpc) is 3.11. The van der Waals surface area contributed by atoms with Gasteiger partial charge >= 0.3 is 0 Å². The van der Waals surface area contributed by atoms with E-state index >= 15 is 0 Å². The topological polar surface area (TPSA) is 84.9 Å². The number of hydrogen-bond donors (Lipinski definition) is 2. The molecular formula is C19H19FN3O3+. The van der Waals surface area contributed by atoms with E-state index in [1.165, 1.54) is 24.3 Å². The molecule has 0 fully saturated rings. The van der Waals surface area contributed by atoms with Crippen molar-refractivity contribution in [2.24, 2.45) is 0 Å². The van der Waals surface area contributed by atoms with Gasteiger partial charge in [-0.05, 0) is 48.5 Å². The average molecular weight is 356 g/mol. The summed E-state index contributed by atoms with van der Waals surface area (Å²) in [5.41, 5.74) is 1.77. The maximum absolute atomic E-state index is 13.0. The lowest BCUT2D eigenvalue weighted by atomic mass is 10.2. The number of nitro groups is 1. The van der Waals surface area contributed by atoms with Gasteiger partial charge in [0.05, 0.1) is 18.0 Å². The van der Waals surface area contributed by atoms with E-state index in [4.69, 9.17) is 4.42 Å². The number of anilines is 1. The number of nitrogens with one attached hydrogen (secondary N) is 1. The summed E-state index contributed by atoms with van der Waals surface area (Å²) in [4.78, 5) is 10.2. The third-order valence-corrected chi connectivity index (χ3v) is 3.89. The molecule has 7 heteroatoms. The second-order valence-corrected chi connectivity index (χ2v) is 5.79. The Kier molecular flexibility index (Phi) is 5.60. The van der Waals surface area contributed by atoms with Crippen molar-refractivity contribution in [3.8, 4) is 11.3 Å². The van der Waals surface area contributed by atoms with Gasteiger partial charge in [0.15, 0.2) is 5.76 Å². The molecule has 0 radical (unpaired) electrons. The zero-order valence-corrected chi connectivity index (χ0v) is 14.0. The van der Waals surface area contributed by atoms with Crippen molar-refractivity contribution in [1.29, 1.82) is 0 Å². The van der Waals surface area contributed by atoms with Crippen LogP contribution in [0.15, 0.2) is 65.1 Å². The van der Waals surface area contributed by atoms with Crippen molar-refractivity contribution in [3.05, 3.63) is 82.4 Å². The number of nitrogens with zero attached hydrogens (tertiary/aromatic N) is 1. The van der Waals surface area contributed by atoms with Crippen molar-refractivity contribution >= 4 is 11.4 Å². The number of nitrogens with two attached hydrogens (primary N) is 1. The standard InChI is InChI=1S/C19H18FN3O3/c20-15-3-1-14(2-4-15)19-10-9-18(26-19)13-21-11-12-22-16-5-7-17(8-6-16)23(24)25/h1-10,21-22H,11-13H2/p+1. The van der Waals surface area contributed by atoms with E-state index in [0.717, 1.165) is 35.9 Å². The lowest BCUT2D eigenvalue weighted by Crippen LogP contribution is -2.83. The van der Waals surface area contributed by atoms with Crippen LogP contribution in [0.25, 0.3) is 11.3 Å². The number of halogens is 1. The Morgan fingerprint density at radius 1 is 1.04 bits per heavy atom. The van der Waals surface area contributed by atoms with Gasteiger partial charge in [-0.25, -0.2) is 4.39 Å². The molecule has 3 N–H and O–H groups in total. The molecule has 0 spiro atoms. The summed E-state index contributed by atoms with van der Waals surface area (Å²) in [6.07, 6.45) is 0. The van der Waals surface area contributed by atoms with Gasteiger partial charge in [-0.3, -0.25) is 10.1 Å². The van der Waals surface area contributed by atoms with Crippen molar-refractivity contribution in [2.75, 3.05) is 18.4 Å². The molecule has 0 atom stereocenters. The largest absolute Gasteiger partial charge is 0.455 e. The smallest absolute Gasteiger partial charge is 0.269 e. The molecule has 134 valence electrons. The normalized spacial score (nSPS) is 10.7. The van der Waals surface area contributed by atoms with Crippen LogP contribution in [-0.4, -0.2) is 18.0 Å². The minimum Gasteiger partial charge on any atom is -0.455 e. The predicted molar refractivity (Wildman–Crippen MR) is 96.2 cm³/mol. The van der Waals surface area contributed by atoms with Gasteiger partial charge in [-0.15, -0.1) is 0 Å². The summed E-state index contributed by atoms with van der Waals surface area (Å²) in [6, 6.07) is 16.3. The van der Waals surface area contributed by atoms with Crippen LogP contribution in [0.5, 0.6) is 0 Å². The van der Waals surface area contributed by atoms with Gasteiger partial charge in [0.2, 0.25) is 0 Å². The molecule has 1 aromatic heterocycles.